The fraction of sp³-hybridized carbons (Fsp3) is 0.500. The molecule has 0 saturated heterocycles. The van der Waals surface area contributed by atoms with Gasteiger partial charge in [-0.3, -0.25) is 9.59 Å². The maximum absolute atomic E-state index is 14.1. The van der Waals surface area contributed by atoms with Crippen LogP contribution in [0.2, 0.25) is 0 Å². The number of carbonyl (C=O) groups is 3. The molecule has 0 aromatic heterocycles. The Bertz CT molecular complexity index is 1090. The summed E-state index contributed by atoms with van der Waals surface area (Å²) in [5.41, 5.74) is 0.0526. The summed E-state index contributed by atoms with van der Waals surface area (Å²) in [6.07, 6.45) is 1.02. The van der Waals surface area contributed by atoms with E-state index in [2.05, 4.69) is 10.6 Å². The molecule has 3 amide bonds. The Morgan fingerprint density at radius 1 is 1.03 bits per heavy atom. The van der Waals surface area contributed by atoms with E-state index in [1.54, 1.807) is 70.3 Å². The molecule has 0 aliphatic heterocycles. The minimum atomic E-state index is -1.15. The summed E-state index contributed by atoms with van der Waals surface area (Å²) < 4.78 is 10.6. The van der Waals surface area contributed by atoms with E-state index in [-0.39, 0.29) is 23.8 Å². The van der Waals surface area contributed by atoms with Gasteiger partial charge in [0.1, 0.15) is 29.2 Å². The predicted octanol–water partition coefficient (Wildman–Crippen LogP) is 5.65. The first kappa shape index (κ1) is 31.5. The quantitative estimate of drug-likeness (QED) is 0.320. The zero-order valence-electron chi connectivity index (χ0n) is 24.1. The third kappa shape index (κ3) is 9.81. The summed E-state index contributed by atoms with van der Waals surface area (Å²) in [4.78, 5) is 42.1. The van der Waals surface area contributed by atoms with Crippen molar-refractivity contribution in [1.29, 1.82) is 0 Å². The lowest BCUT2D eigenvalue weighted by atomic mass is 9.98. The molecule has 0 radical (unpaired) electrons. The number of para-hydroxylation sites is 1. The Hall–Kier alpha value is -3.75. The fourth-order valence-electron chi connectivity index (χ4n) is 4.09. The minimum absolute atomic E-state index is 0.0682. The molecule has 0 aliphatic rings. The van der Waals surface area contributed by atoms with E-state index in [4.69, 9.17) is 9.47 Å². The highest BCUT2D eigenvalue weighted by atomic mass is 16.6. The Morgan fingerprint density at radius 3 is 2.21 bits per heavy atom. The van der Waals surface area contributed by atoms with Gasteiger partial charge in [0.2, 0.25) is 5.91 Å². The first-order valence-corrected chi connectivity index (χ1v) is 13.4. The molecule has 9 heteroatoms. The predicted molar refractivity (Wildman–Crippen MR) is 152 cm³/mol. The first-order chi connectivity index (χ1) is 18.4. The molecule has 3 N–H and O–H groups in total. The number of alkyl carbamates (subject to hydrolysis) is 1. The molecule has 0 saturated carbocycles. The molecule has 2 rings (SSSR count). The molecule has 0 fully saturated rings. The second-order valence-corrected chi connectivity index (χ2v) is 10.9. The minimum Gasteiger partial charge on any atom is -0.508 e. The average molecular weight is 542 g/mol. The van der Waals surface area contributed by atoms with Crippen molar-refractivity contribution in [1.82, 2.24) is 10.2 Å². The number of ether oxygens (including phenoxy) is 2. The third-order valence-electron chi connectivity index (χ3n) is 5.88. The number of unbranched alkanes of at least 4 members (excludes halogenated alkanes) is 1. The van der Waals surface area contributed by atoms with Gasteiger partial charge in [-0.2, -0.15) is 0 Å². The summed E-state index contributed by atoms with van der Waals surface area (Å²) >= 11 is 0. The zero-order chi connectivity index (χ0) is 29.2. The van der Waals surface area contributed by atoms with Gasteiger partial charge >= 0.3 is 6.09 Å². The summed E-state index contributed by atoms with van der Waals surface area (Å²) in [6.45, 7) is 11.4. The van der Waals surface area contributed by atoms with E-state index in [1.165, 1.54) is 11.0 Å². The molecule has 2 aromatic carbocycles. The van der Waals surface area contributed by atoms with Gasteiger partial charge in [0, 0.05) is 17.8 Å². The van der Waals surface area contributed by atoms with Crippen LogP contribution in [0.25, 0.3) is 0 Å². The van der Waals surface area contributed by atoms with E-state index in [9.17, 15) is 19.5 Å². The molecule has 0 aliphatic carbocycles. The van der Waals surface area contributed by atoms with Gasteiger partial charge < -0.3 is 30.1 Å². The second-order valence-electron chi connectivity index (χ2n) is 10.9. The largest absolute Gasteiger partial charge is 0.508 e. The van der Waals surface area contributed by atoms with Gasteiger partial charge in [0.15, 0.2) is 0 Å². The summed E-state index contributed by atoms with van der Waals surface area (Å²) in [5.74, 6) is -0.330. The van der Waals surface area contributed by atoms with Gasteiger partial charge in [-0.25, -0.2) is 4.79 Å². The Morgan fingerprint density at radius 2 is 1.67 bits per heavy atom. The van der Waals surface area contributed by atoms with Crippen molar-refractivity contribution in [2.24, 2.45) is 5.92 Å². The third-order valence-corrected chi connectivity index (χ3v) is 5.88. The second kappa shape index (κ2) is 14.4. The van der Waals surface area contributed by atoms with Gasteiger partial charge in [0.25, 0.3) is 5.91 Å². The highest BCUT2D eigenvalue weighted by Crippen LogP contribution is 2.31. The maximum Gasteiger partial charge on any atom is 0.408 e. The molecule has 0 heterocycles. The maximum atomic E-state index is 14.1. The lowest BCUT2D eigenvalue weighted by Crippen LogP contribution is -2.53. The number of methoxy groups -OCH3 is 1. The van der Waals surface area contributed by atoms with Crippen molar-refractivity contribution in [3.8, 4) is 11.5 Å². The molecular weight excluding hydrogens is 498 g/mol. The molecule has 2 atom stereocenters. The highest BCUT2D eigenvalue weighted by Gasteiger charge is 2.37. The van der Waals surface area contributed by atoms with Gasteiger partial charge in [-0.1, -0.05) is 45.4 Å². The van der Waals surface area contributed by atoms with Crippen LogP contribution in [0.5, 0.6) is 11.5 Å². The van der Waals surface area contributed by atoms with Crippen molar-refractivity contribution in [2.75, 3.05) is 19.0 Å². The SMILES string of the molecule is CCCCN(C(=O)C(CC(C)C)NC(=O)OC(C)(C)C)C(C(=O)Nc1ccc(OC)cc1)c1ccccc1O. The molecule has 214 valence electrons. The van der Waals surface area contributed by atoms with Crippen LogP contribution >= 0.6 is 0 Å². The highest BCUT2D eigenvalue weighted by molar-refractivity contribution is 5.99. The lowest BCUT2D eigenvalue weighted by Gasteiger charge is -2.35. The number of aromatic hydroxyl groups is 1. The van der Waals surface area contributed by atoms with E-state index in [1.807, 2.05) is 20.8 Å². The average Bonchev–Trinajstić information content (AvgIpc) is 2.85. The summed E-state index contributed by atoms with van der Waals surface area (Å²) in [7, 11) is 1.55. The Labute approximate surface area is 231 Å². The van der Waals surface area contributed by atoms with Crippen LogP contribution in [0.15, 0.2) is 48.5 Å². The van der Waals surface area contributed by atoms with E-state index < -0.39 is 35.6 Å². The number of nitrogens with zero attached hydrogens (tertiary/aromatic N) is 1. The van der Waals surface area contributed by atoms with Crippen LogP contribution in [-0.2, 0) is 14.3 Å². The fourth-order valence-corrected chi connectivity index (χ4v) is 4.09. The molecular formula is C30H43N3O6. The summed E-state index contributed by atoms with van der Waals surface area (Å²) in [5, 5.41) is 16.3. The number of amides is 3. The van der Waals surface area contributed by atoms with E-state index >= 15 is 0 Å². The standard InChI is InChI=1S/C30H43N3O6/c1-8-9-18-33(28(36)24(19-20(2)3)32-29(37)39-30(4,5)6)26(23-12-10-11-13-25(23)34)27(35)31-21-14-16-22(38-7)17-15-21/h10-17,20,24,26,34H,8-9,18-19H2,1-7H3,(H,31,35)(H,32,37). The molecule has 2 aromatic rings. The van der Waals surface area contributed by atoms with Gasteiger partial charge in [0.05, 0.1) is 7.11 Å². The first-order valence-electron chi connectivity index (χ1n) is 13.4. The smallest absolute Gasteiger partial charge is 0.408 e. The number of anilines is 1. The topological polar surface area (TPSA) is 117 Å². The number of hydrogen-bond acceptors (Lipinski definition) is 6. The number of nitrogens with one attached hydrogen (secondary N) is 2. The van der Waals surface area contributed by atoms with Crippen LogP contribution in [0.3, 0.4) is 0 Å². The van der Waals surface area contributed by atoms with Crippen molar-refractivity contribution >= 4 is 23.6 Å². The lowest BCUT2D eigenvalue weighted by molar-refractivity contribution is -0.141. The molecule has 9 nitrogen and oxygen atoms in total. The number of phenolic OH excluding ortho intramolecular Hbond substituents is 1. The van der Waals surface area contributed by atoms with Crippen LogP contribution in [0.4, 0.5) is 10.5 Å². The number of hydrogen-bond donors (Lipinski definition) is 3. The van der Waals surface area contributed by atoms with Gasteiger partial charge in [-0.05, 0) is 69.9 Å². The monoisotopic (exact) mass is 541 g/mol. The van der Waals surface area contributed by atoms with E-state index in [0.29, 0.717) is 24.3 Å². The Balaban J connectivity index is 2.52. The van der Waals surface area contributed by atoms with Crippen LogP contribution in [0.1, 0.15) is 72.4 Å². The molecule has 2 unspecified atom stereocenters. The number of carbonyl (C=O) groups excluding carboxylic acids is 3. The molecule has 0 bridgehead atoms. The molecule has 0 spiro atoms. The van der Waals surface area contributed by atoms with Crippen molar-refractivity contribution in [3.05, 3.63) is 54.1 Å². The number of phenols is 1. The van der Waals surface area contributed by atoms with Crippen molar-refractivity contribution in [2.45, 2.75) is 78.5 Å². The molecule has 39 heavy (non-hydrogen) atoms. The summed E-state index contributed by atoms with van der Waals surface area (Å²) in [6, 6.07) is 11.2. The van der Waals surface area contributed by atoms with Crippen molar-refractivity contribution < 1.29 is 29.0 Å². The van der Waals surface area contributed by atoms with E-state index in [0.717, 1.165) is 6.42 Å². The van der Waals surface area contributed by atoms with Crippen LogP contribution in [-0.4, -0.2) is 53.2 Å². The number of rotatable bonds is 12. The van der Waals surface area contributed by atoms with Crippen LogP contribution in [0, 0.1) is 5.92 Å². The Kier molecular flexibility index (Phi) is 11.6. The number of benzene rings is 2. The van der Waals surface area contributed by atoms with Gasteiger partial charge in [-0.15, -0.1) is 0 Å². The van der Waals surface area contributed by atoms with Crippen molar-refractivity contribution in [3.63, 3.8) is 0 Å². The normalized spacial score (nSPS) is 12.8. The zero-order valence-corrected chi connectivity index (χ0v) is 24.1. The van der Waals surface area contributed by atoms with Crippen LogP contribution < -0.4 is 15.4 Å².